The first-order valence-electron chi connectivity index (χ1n) is 22.8. The van der Waals surface area contributed by atoms with E-state index in [2.05, 4.69) is 23.8 Å². The van der Waals surface area contributed by atoms with Crippen LogP contribution in [-0.4, -0.2) is 78.5 Å². The van der Waals surface area contributed by atoms with Crippen molar-refractivity contribution in [2.75, 3.05) is 23.9 Å². The summed E-state index contributed by atoms with van der Waals surface area (Å²) in [5, 5.41) is 15.3. The van der Waals surface area contributed by atoms with Gasteiger partial charge in [0.05, 0.1) is 46.5 Å². The molecule has 0 aliphatic carbocycles. The second-order valence-corrected chi connectivity index (χ2v) is 17.8. The molecule has 0 bridgehead atoms. The largest absolute Gasteiger partial charge is 0.481 e. The lowest BCUT2D eigenvalue weighted by Gasteiger charge is -2.27. The van der Waals surface area contributed by atoms with Gasteiger partial charge in [0.2, 0.25) is 30.1 Å². The Labute approximate surface area is 413 Å². The Morgan fingerprint density at radius 2 is 0.943 bits per heavy atom. The molecular formula is C56H71N7O7. The van der Waals surface area contributed by atoms with Crippen LogP contribution in [0.25, 0.3) is 0 Å². The number of benzene rings is 4. The van der Waals surface area contributed by atoms with Crippen LogP contribution in [0.5, 0.6) is 0 Å². The van der Waals surface area contributed by atoms with Crippen molar-refractivity contribution in [3.63, 3.8) is 0 Å². The third kappa shape index (κ3) is 13.8. The number of benzodiazepines with no additional fused rings is 2. The molecule has 0 fully saturated rings. The number of fused-ring (bicyclic) bond motifs is 2. The van der Waals surface area contributed by atoms with E-state index in [1.807, 2.05) is 137 Å². The molecule has 5 amide bonds. The van der Waals surface area contributed by atoms with Crippen LogP contribution >= 0.6 is 0 Å². The van der Waals surface area contributed by atoms with E-state index in [0.717, 1.165) is 22.3 Å². The zero-order valence-corrected chi connectivity index (χ0v) is 39.7. The van der Waals surface area contributed by atoms with Crippen LogP contribution < -0.4 is 26.2 Å². The standard InChI is InChI=1S/C27H32N4O3.C27H31N3O4.2CH4/c1-5-11-19(24(28)32)21(16-17(2)3)26(33)30-25-27(34)31(4)22-15-10-9-14-20(22)23(29-25)18-12-7-6-8-13-18;1-5-11-19(27(33)34)21(16-17(2)3)25(31)29-24-26(32)30(4)22-15-10-9-14-20(22)23(28-24)18-12-7-6-8-13-18;;/h5-10,12-15,17,19,21,25H,1,11,16H2,2-4H3,(H2,28,32)(H,30,33);5-10,12-15,17,19,21,24H,1,11,16H2,2-4H3,(H,29,31)(H,33,34);2*1H4/t19-,21+,25?;19-,21+,24?;;/m00../s1. The summed E-state index contributed by atoms with van der Waals surface area (Å²) in [5.74, 6) is -6.27. The fourth-order valence-corrected chi connectivity index (χ4v) is 8.57. The number of hydrogen-bond donors (Lipinski definition) is 4. The number of rotatable bonds is 18. The van der Waals surface area contributed by atoms with Gasteiger partial charge in [-0.15, -0.1) is 13.2 Å². The number of likely N-dealkylation sites (N-methyl/N-ethyl adjacent to an activating group) is 2. The van der Waals surface area contributed by atoms with Crippen molar-refractivity contribution >= 4 is 58.3 Å². The van der Waals surface area contributed by atoms with Gasteiger partial charge in [-0.1, -0.05) is 152 Å². The summed E-state index contributed by atoms with van der Waals surface area (Å²) in [4.78, 5) is 90.1. The predicted molar refractivity (Wildman–Crippen MR) is 281 cm³/mol. The van der Waals surface area contributed by atoms with Crippen LogP contribution in [0.15, 0.2) is 144 Å². The number of carbonyl (C=O) groups is 6. The molecule has 372 valence electrons. The number of hydrogen-bond acceptors (Lipinski definition) is 8. The van der Waals surface area contributed by atoms with Crippen molar-refractivity contribution in [2.24, 2.45) is 51.2 Å². The number of anilines is 2. The van der Waals surface area contributed by atoms with Gasteiger partial charge in [-0.25, -0.2) is 9.98 Å². The lowest BCUT2D eigenvalue weighted by Crippen LogP contribution is -2.50. The zero-order valence-electron chi connectivity index (χ0n) is 39.7. The van der Waals surface area contributed by atoms with Gasteiger partial charge >= 0.3 is 5.97 Å². The molecule has 70 heavy (non-hydrogen) atoms. The van der Waals surface area contributed by atoms with Crippen molar-refractivity contribution in [2.45, 2.75) is 80.6 Å². The van der Waals surface area contributed by atoms with Gasteiger partial charge in [0.25, 0.3) is 11.8 Å². The number of primary amides is 1. The first kappa shape index (κ1) is 56.8. The van der Waals surface area contributed by atoms with Gasteiger partial charge in [0.1, 0.15) is 0 Å². The Hall–Kier alpha value is -7.48. The van der Waals surface area contributed by atoms with Crippen LogP contribution in [0.2, 0.25) is 0 Å². The number of carbonyl (C=O) groups excluding carboxylic acids is 5. The molecule has 0 saturated carbocycles. The summed E-state index contributed by atoms with van der Waals surface area (Å²) in [6, 6.07) is 33.9. The van der Waals surface area contributed by atoms with Gasteiger partial charge in [0.15, 0.2) is 0 Å². The van der Waals surface area contributed by atoms with E-state index >= 15 is 0 Å². The predicted octanol–water partition coefficient (Wildman–Crippen LogP) is 8.44. The number of amides is 5. The molecule has 0 spiro atoms. The molecule has 4 aromatic carbocycles. The molecule has 2 heterocycles. The van der Waals surface area contributed by atoms with Gasteiger partial charge < -0.3 is 31.3 Å². The number of carboxylic acids is 1. The zero-order chi connectivity index (χ0) is 49.7. The molecular weight excluding hydrogens is 883 g/mol. The first-order valence-corrected chi connectivity index (χ1v) is 22.8. The second kappa shape index (κ2) is 26.3. The molecule has 2 unspecified atom stereocenters. The SMILES string of the molecule is C.C.C=CC[C@H](C(=O)O)[C@@H](CC(C)C)C(=O)NC1N=C(c2ccccc2)c2ccccc2N(C)C1=O.C=CC[C@H](C(N)=O)[C@@H](CC(C)C)C(=O)NC1N=C(c2ccccc2)c2ccccc2N(C)C1=O. The minimum Gasteiger partial charge on any atom is -0.481 e. The molecule has 2 aliphatic rings. The first-order chi connectivity index (χ1) is 32.5. The van der Waals surface area contributed by atoms with Gasteiger partial charge in [-0.2, -0.15) is 0 Å². The smallest absolute Gasteiger partial charge is 0.307 e. The third-order valence-corrected chi connectivity index (χ3v) is 12.0. The minimum atomic E-state index is -1.19. The quantitative estimate of drug-likeness (QED) is 0.0716. The van der Waals surface area contributed by atoms with Gasteiger partial charge in [-0.3, -0.25) is 28.8 Å². The number of allylic oxidation sites excluding steroid dienone is 2. The van der Waals surface area contributed by atoms with Gasteiger partial charge in [-0.05, 0) is 49.7 Å². The number of para-hydroxylation sites is 2. The van der Waals surface area contributed by atoms with Crippen LogP contribution in [0, 0.1) is 35.5 Å². The Kier molecular flexibility index (Phi) is 21.4. The Morgan fingerprint density at radius 3 is 1.29 bits per heavy atom. The number of nitrogens with two attached hydrogens (primary N) is 1. The van der Waals surface area contributed by atoms with E-state index in [-0.39, 0.29) is 45.4 Å². The molecule has 2 aliphatic heterocycles. The van der Waals surface area contributed by atoms with Crippen molar-refractivity contribution in [3.05, 3.63) is 157 Å². The molecule has 4 aromatic rings. The Bertz CT molecular complexity index is 2360. The van der Waals surface area contributed by atoms with E-state index in [9.17, 15) is 33.9 Å². The maximum Gasteiger partial charge on any atom is 0.307 e. The fraction of sp³-hybridized carbons (Fsp3) is 0.357. The van der Waals surface area contributed by atoms with E-state index in [1.165, 1.54) is 15.9 Å². The molecule has 14 nitrogen and oxygen atoms in total. The average molecular weight is 954 g/mol. The molecule has 0 radical (unpaired) electrons. The van der Waals surface area contributed by atoms with Crippen LogP contribution in [-0.2, 0) is 28.8 Å². The maximum absolute atomic E-state index is 13.5. The fourth-order valence-electron chi connectivity index (χ4n) is 8.57. The summed E-state index contributed by atoms with van der Waals surface area (Å²) < 4.78 is 0. The maximum atomic E-state index is 13.5. The minimum absolute atomic E-state index is 0. The highest BCUT2D eigenvalue weighted by molar-refractivity contribution is 6.21. The highest BCUT2D eigenvalue weighted by Gasteiger charge is 2.39. The van der Waals surface area contributed by atoms with Gasteiger partial charge in [0, 0.05) is 36.3 Å². The number of nitrogens with one attached hydrogen (secondary N) is 2. The summed E-state index contributed by atoms with van der Waals surface area (Å²) in [7, 11) is 3.31. The molecule has 14 heteroatoms. The molecule has 6 rings (SSSR count). The summed E-state index contributed by atoms with van der Waals surface area (Å²) in [6.45, 7) is 15.1. The van der Waals surface area contributed by atoms with Crippen LogP contribution in [0.3, 0.4) is 0 Å². The van der Waals surface area contributed by atoms with E-state index in [0.29, 0.717) is 35.6 Å². The Balaban J connectivity index is 0.000000360. The normalized spacial score (nSPS) is 16.8. The third-order valence-electron chi connectivity index (χ3n) is 12.0. The molecule has 6 atom stereocenters. The van der Waals surface area contributed by atoms with E-state index in [1.54, 1.807) is 20.2 Å². The monoisotopic (exact) mass is 954 g/mol. The van der Waals surface area contributed by atoms with Crippen molar-refractivity contribution < 1.29 is 33.9 Å². The summed E-state index contributed by atoms with van der Waals surface area (Å²) in [6.07, 6.45) is 2.00. The number of carboxylic acid groups (broad SMARTS) is 1. The summed E-state index contributed by atoms with van der Waals surface area (Å²) >= 11 is 0. The lowest BCUT2D eigenvalue weighted by molar-refractivity contribution is -0.147. The highest BCUT2D eigenvalue weighted by Crippen LogP contribution is 2.31. The number of nitrogens with zero attached hydrogens (tertiary/aromatic N) is 4. The van der Waals surface area contributed by atoms with E-state index in [4.69, 9.17) is 15.7 Å². The van der Waals surface area contributed by atoms with Crippen molar-refractivity contribution in [1.29, 1.82) is 0 Å². The van der Waals surface area contributed by atoms with Crippen molar-refractivity contribution in [3.8, 4) is 0 Å². The highest BCUT2D eigenvalue weighted by atomic mass is 16.4. The second-order valence-electron chi connectivity index (χ2n) is 17.8. The lowest BCUT2D eigenvalue weighted by atomic mass is 9.82. The van der Waals surface area contributed by atoms with Crippen LogP contribution in [0.1, 0.15) is 90.5 Å². The average Bonchev–Trinajstić information content (AvgIpc) is 3.49. The molecule has 0 aromatic heterocycles. The van der Waals surface area contributed by atoms with Crippen LogP contribution in [0.4, 0.5) is 11.4 Å². The Morgan fingerprint density at radius 1 is 0.600 bits per heavy atom. The molecule has 5 N–H and O–H groups in total. The topological polar surface area (TPSA) is 204 Å². The number of aliphatic imine (C=N–C) groups is 2. The molecule has 0 saturated heterocycles. The van der Waals surface area contributed by atoms with E-state index < -0.39 is 65.6 Å². The summed E-state index contributed by atoms with van der Waals surface area (Å²) in [5.41, 5.74) is 11.4. The number of aliphatic carboxylic acids is 1. The van der Waals surface area contributed by atoms with Crippen molar-refractivity contribution in [1.82, 2.24) is 10.6 Å².